The molecule has 0 fully saturated rings. The van der Waals surface area contributed by atoms with Crippen LogP contribution in [0.2, 0.25) is 0 Å². The summed E-state index contributed by atoms with van der Waals surface area (Å²) in [7, 11) is 1.85. The fourth-order valence-electron chi connectivity index (χ4n) is 1.22. The Kier molecular flexibility index (Phi) is 4.12. The lowest BCUT2D eigenvalue weighted by molar-refractivity contribution is -0.121. The van der Waals surface area contributed by atoms with Crippen LogP contribution >= 0.6 is 0 Å². The van der Waals surface area contributed by atoms with Crippen molar-refractivity contribution < 1.29 is 4.79 Å². The van der Waals surface area contributed by atoms with Crippen LogP contribution in [-0.2, 0) is 17.9 Å². The Morgan fingerprint density at radius 3 is 3.07 bits per heavy atom. The molecular weight excluding hydrogens is 180 g/mol. The van der Waals surface area contributed by atoms with Gasteiger partial charge in [-0.25, -0.2) is 4.98 Å². The van der Waals surface area contributed by atoms with Gasteiger partial charge in [0.2, 0.25) is 5.91 Å². The summed E-state index contributed by atoms with van der Waals surface area (Å²) in [5.74, 6) is 0.890. The smallest absolute Gasteiger partial charge is 0.239 e. The van der Waals surface area contributed by atoms with Gasteiger partial charge in [-0.3, -0.25) is 4.79 Å². The van der Waals surface area contributed by atoms with E-state index in [-0.39, 0.29) is 5.91 Å². The molecule has 1 amide bonds. The molecule has 1 heterocycles. The Morgan fingerprint density at radius 1 is 1.64 bits per heavy atom. The number of carbonyl (C=O) groups excluding carboxylic acids is 1. The molecule has 14 heavy (non-hydrogen) atoms. The highest BCUT2D eigenvalue weighted by molar-refractivity contribution is 5.75. The Balaban J connectivity index is 2.56. The lowest BCUT2D eigenvalue weighted by Gasteiger charge is -2.06. The SMILES string of the molecule is CCNC(=O)Cn1ccnc1CNC. The van der Waals surface area contributed by atoms with E-state index in [9.17, 15) is 4.79 Å². The third kappa shape index (κ3) is 2.85. The first-order valence-electron chi connectivity index (χ1n) is 4.69. The van der Waals surface area contributed by atoms with Crippen molar-refractivity contribution in [2.45, 2.75) is 20.0 Å². The van der Waals surface area contributed by atoms with Crippen LogP contribution in [-0.4, -0.2) is 29.1 Å². The maximum atomic E-state index is 11.3. The Morgan fingerprint density at radius 2 is 2.43 bits per heavy atom. The molecule has 0 aliphatic carbocycles. The molecular formula is C9H16N4O. The molecule has 0 atom stereocenters. The Labute approximate surface area is 83.5 Å². The summed E-state index contributed by atoms with van der Waals surface area (Å²) < 4.78 is 1.83. The van der Waals surface area contributed by atoms with Gasteiger partial charge in [0, 0.05) is 18.9 Å². The maximum absolute atomic E-state index is 11.3. The molecule has 0 saturated carbocycles. The summed E-state index contributed by atoms with van der Waals surface area (Å²) in [6.07, 6.45) is 3.51. The third-order valence-electron chi connectivity index (χ3n) is 1.82. The third-order valence-corrected chi connectivity index (χ3v) is 1.82. The van der Waals surface area contributed by atoms with Crippen LogP contribution in [0.1, 0.15) is 12.7 Å². The normalized spacial score (nSPS) is 10.1. The van der Waals surface area contributed by atoms with Crippen molar-refractivity contribution in [3.05, 3.63) is 18.2 Å². The number of carbonyl (C=O) groups is 1. The fourth-order valence-corrected chi connectivity index (χ4v) is 1.22. The van der Waals surface area contributed by atoms with Crippen molar-refractivity contribution >= 4 is 5.91 Å². The van der Waals surface area contributed by atoms with Crippen LogP contribution in [0.5, 0.6) is 0 Å². The summed E-state index contributed by atoms with van der Waals surface area (Å²) in [4.78, 5) is 15.4. The van der Waals surface area contributed by atoms with Crippen LogP contribution in [0.4, 0.5) is 0 Å². The largest absolute Gasteiger partial charge is 0.355 e. The summed E-state index contributed by atoms with van der Waals surface area (Å²) in [5, 5.41) is 5.75. The van der Waals surface area contributed by atoms with E-state index in [0.29, 0.717) is 19.6 Å². The first kappa shape index (κ1) is 10.7. The number of nitrogens with zero attached hydrogens (tertiary/aromatic N) is 2. The molecule has 0 bridgehead atoms. The van der Waals surface area contributed by atoms with Gasteiger partial charge in [-0.05, 0) is 14.0 Å². The monoisotopic (exact) mass is 196 g/mol. The first-order valence-corrected chi connectivity index (χ1v) is 4.69. The molecule has 1 aromatic rings. The van der Waals surface area contributed by atoms with Crippen molar-refractivity contribution in [3.63, 3.8) is 0 Å². The molecule has 5 heteroatoms. The van der Waals surface area contributed by atoms with Gasteiger partial charge >= 0.3 is 0 Å². The predicted octanol–water partition coefficient (Wildman–Crippen LogP) is -0.261. The fraction of sp³-hybridized carbons (Fsp3) is 0.556. The molecule has 1 rings (SSSR count). The van der Waals surface area contributed by atoms with Crippen molar-refractivity contribution in [3.8, 4) is 0 Å². The molecule has 78 valence electrons. The summed E-state index contributed by atoms with van der Waals surface area (Å²) >= 11 is 0. The minimum Gasteiger partial charge on any atom is -0.355 e. The molecule has 5 nitrogen and oxygen atoms in total. The minimum atomic E-state index is 0.0165. The highest BCUT2D eigenvalue weighted by atomic mass is 16.1. The average Bonchev–Trinajstić information content (AvgIpc) is 2.54. The second-order valence-electron chi connectivity index (χ2n) is 2.96. The van der Waals surface area contributed by atoms with Crippen LogP contribution in [0.3, 0.4) is 0 Å². The number of amides is 1. The number of hydrogen-bond donors (Lipinski definition) is 2. The van der Waals surface area contributed by atoms with Gasteiger partial charge in [-0.1, -0.05) is 0 Å². The number of imidazole rings is 1. The molecule has 0 radical (unpaired) electrons. The maximum Gasteiger partial charge on any atom is 0.239 e. The van der Waals surface area contributed by atoms with E-state index in [4.69, 9.17) is 0 Å². The van der Waals surface area contributed by atoms with Crippen LogP contribution < -0.4 is 10.6 Å². The summed E-state index contributed by atoms with van der Waals surface area (Å²) in [6.45, 7) is 3.58. The minimum absolute atomic E-state index is 0.0165. The second-order valence-corrected chi connectivity index (χ2v) is 2.96. The van der Waals surface area contributed by atoms with Gasteiger partial charge in [0.15, 0.2) is 0 Å². The quantitative estimate of drug-likeness (QED) is 0.682. The summed E-state index contributed by atoms with van der Waals surface area (Å²) in [5.41, 5.74) is 0. The van der Waals surface area contributed by atoms with E-state index in [1.807, 2.05) is 24.7 Å². The molecule has 0 aliphatic rings. The molecule has 1 aromatic heterocycles. The van der Waals surface area contributed by atoms with Crippen molar-refractivity contribution in [2.75, 3.05) is 13.6 Å². The van der Waals surface area contributed by atoms with Crippen LogP contribution in [0.25, 0.3) is 0 Å². The molecule has 0 unspecified atom stereocenters. The predicted molar refractivity (Wildman–Crippen MR) is 53.7 cm³/mol. The zero-order valence-corrected chi connectivity index (χ0v) is 8.58. The lowest BCUT2D eigenvalue weighted by atomic mass is 10.5. The Bertz CT molecular complexity index is 295. The van der Waals surface area contributed by atoms with E-state index in [0.717, 1.165) is 5.82 Å². The topological polar surface area (TPSA) is 59.0 Å². The number of hydrogen-bond acceptors (Lipinski definition) is 3. The first-order chi connectivity index (χ1) is 6.77. The molecule has 0 spiro atoms. The van der Waals surface area contributed by atoms with E-state index in [2.05, 4.69) is 15.6 Å². The van der Waals surface area contributed by atoms with Gasteiger partial charge in [0.05, 0.1) is 6.54 Å². The number of likely N-dealkylation sites (N-methyl/N-ethyl adjacent to an activating group) is 1. The van der Waals surface area contributed by atoms with Crippen molar-refractivity contribution in [1.82, 2.24) is 20.2 Å². The molecule has 0 aromatic carbocycles. The second kappa shape index (κ2) is 5.39. The van der Waals surface area contributed by atoms with Gasteiger partial charge < -0.3 is 15.2 Å². The van der Waals surface area contributed by atoms with E-state index in [1.54, 1.807) is 6.20 Å². The zero-order valence-electron chi connectivity index (χ0n) is 8.58. The van der Waals surface area contributed by atoms with Gasteiger partial charge in [-0.15, -0.1) is 0 Å². The number of aromatic nitrogens is 2. The van der Waals surface area contributed by atoms with Crippen LogP contribution in [0.15, 0.2) is 12.4 Å². The van der Waals surface area contributed by atoms with Gasteiger partial charge in [0.25, 0.3) is 0 Å². The number of rotatable bonds is 5. The van der Waals surface area contributed by atoms with Gasteiger partial charge in [0.1, 0.15) is 12.4 Å². The van der Waals surface area contributed by atoms with Crippen molar-refractivity contribution in [2.24, 2.45) is 0 Å². The zero-order chi connectivity index (χ0) is 10.4. The molecule has 0 aliphatic heterocycles. The van der Waals surface area contributed by atoms with E-state index >= 15 is 0 Å². The van der Waals surface area contributed by atoms with E-state index in [1.165, 1.54) is 0 Å². The van der Waals surface area contributed by atoms with Crippen molar-refractivity contribution in [1.29, 1.82) is 0 Å². The highest BCUT2D eigenvalue weighted by Gasteiger charge is 2.05. The molecule has 0 saturated heterocycles. The summed E-state index contributed by atoms with van der Waals surface area (Å²) in [6, 6.07) is 0. The van der Waals surface area contributed by atoms with E-state index < -0.39 is 0 Å². The highest BCUT2D eigenvalue weighted by Crippen LogP contribution is 1.96. The van der Waals surface area contributed by atoms with Crippen LogP contribution in [0, 0.1) is 0 Å². The Hall–Kier alpha value is -1.36. The van der Waals surface area contributed by atoms with Gasteiger partial charge in [-0.2, -0.15) is 0 Å². The molecule has 2 N–H and O–H groups in total. The number of nitrogens with one attached hydrogen (secondary N) is 2. The average molecular weight is 196 g/mol. The standard InChI is InChI=1S/C9H16N4O/c1-3-11-9(14)7-13-5-4-12-8(13)6-10-2/h4-5,10H,3,6-7H2,1-2H3,(H,11,14). The lowest BCUT2D eigenvalue weighted by Crippen LogP contribution is -2.28.